The predicted molar refractivity (Wildman–Crippen MR) is 108 cm³/mol. The highest BCUT2D eigenvalue weighted by molar-refractivity contribution is 7.88. The number of unbranched alkanes of at least 4 members (excludes halogenated alkanes) is 1. The summed E-state index contributed by atoms with van der Waals surface area (Å²) >= 11 is 0. The van der Waals surface area contributed by atoms with Gasteiger partial charge in [-0.1, -0.05) is 30.9 Å². The molecule has 2 heterocycles. The molecular weight excluding hydrogens is 360 g/mol. The Kier molecular flexibility index (Phi) is 6.59. The zero-order chi connectivity index (χ0) is 19.4. The summed E-state index contributed by atoms with van der Waals surface area (Å²) in [6, 6.07) is 8.42. The molecule has 2 aliphatic heterocycles. The molecule has 2 aliphatic rings. The monoisotopic (exact) mass is 390 g/mol. The third-order valence-electron chi connectivity index (χ3n) is 5.70. The highest BCUT2D eigenvalue weighted by Gasteiger charge is 2.49. The fraction of sp³-hybridized carbons (Fsp3) is 0.619. The van der Waals surface area contributed by atoms with Crippen LogP contribution in [0.5, 0.6) is 0 Å². The van der Waals surface area contributed by atoms with Gasteiger partial charge in [-0.15, -0.1) is 0 Å². The first-order valence-electron chi connectivity index (χ1n) is 9.86. The van der Waals surface area contributed by atoms with Gasteiger partial charge in [-0.3, -0.25) is 4.90 Å². The van der Waals surface area contributed by atoms with E-state index < -0.39 is 10.0 Å². The topological polar surface area (TPSA) is 60.9 Å². The SMILES string of the molecule is CCCC#Cc1ccc([C@@H]2[C@H](CO)N3CCCCN(S(C)(=O)=O)C[C@@H]23)cc1. The van der Waals surface area contributed by atoms with Crippen molar-refractivity contribution in [1.82, 2.24) is 9.21 Å². The van der Waals surface area contributed by atoms with Crippen molar-refractivity contribution < 1.29 is 13.5 Å². The number of aliphatic hydroxyl groups excluding tert-OH is 1. The molecule has 0 spiro atoms. The maximum absolute atomic E-state index is 12.1. The minimum atomic E-state index is -3.21. The maximum Gasteiger partial charge on any atom is 0.211 e. The van der Waals surface area contributed by atoms with Gasteiger partial charge in [0.25, 0.3) is 0 Å². The van der Waals surface area contributed by atoms with Crippen LogP contribution in [0.25, 0.3) is 0 Å². The van der Waals surface area contributed by atoms with Crippen LogP contribution in [0.3, 0.4) is 0 Å². The summed E-state index contributed by atoms with van der Waals surface area (Å²) in [4.78, 5) is 2.29. The van der Waals surface area contributed by atoms with Crippen molar-refractivity contribution in [2.45, 2.75) is 50.6 Å². The highest BCUT2D eigenvalue weighted by Crippen LogP contribution is 2.42. The maximum atomic E-state index is 12.1. The Morgan fingerprint density at radius 1 is 1.19 bits per heavy atom. The van der Waals surface area contributed by atoms with Crippen LogP contribution < -0.4 is 0 Å². The molecule has 0 aromatic heterocycles. The van der Waals surface area contributed by atoms with Gasteiger partial charge in [-0.2, -0.15) is 0 Å². The number of benzene rings is 1. The van der Waals surface area contributed by atoms with E-state index >= 15 is 0 Å². The molecular formula is C21H30N2O3S. The summed E-state index contributed by atoms with van der Waals surface area (Å²) < 4.78 is 25.9. The molecule has 0 bridgehead atoms. The molecule has 3 rings (SSSR count). The summed E-state index contributed by atoms with van der Waals surface area (Å²) in [5.41, 5.74) is 2.16. The van der Waals surface area contributed by atoms with E-state index in [9.17, 15) is 13.5 Å². The van der Waals surface area contributed by atoms with E-state index in [4.69, 9.17) is 0 Å². The second-order valence-electron chi connectivity index (χ2n) is 7.58. The molecule has 148 valence electrons. The van der Waals surface area contributed by atoms with E-state index in [2.05, 4.69) is 35.8 Å². The lowest BCUT2D eigenvalue weighted by molar-refractivity contribution is -0.0553. The number of aliphatic hydroxyl groups is 1. The molecule has 6 heteroatoms. The van der Waals surface area contributed by atoms with E-state index in [1.165, 1.54) is 6.26 Å². The van der Waals surface area contributed by atoms with Gasteiger partial charge in [-0.05, 0) is 43.5 Å². The third kappa shape index (κ3) is 4.55. The summed E-state index contributed by atoms with van der Waals surface area (Å²) in [5, 5.41) is 9.95. The Bertz CT molecular complexity index is 795. The van der Waals surface area contributed by atoms with Gasteiger partial charge in [0.05, 0.1) is 12.9 Å². The quantitative estimate of drug-likeness (QED) is 0.799. The molecule has 1 N–H and O–H groups in total. The van der Waals surface area contributed by atoms with Crippen LogP contribution in [0.4, 0.5) is 0 Å². The minimum Gasteiger partial charge on any atom is -0.395 e. The van der Waals surface area contributed by atoms with Crippen LogP contribution in [-0.4, -0.2) is 67.3 Å². The number of hydrogen-bond donors (Lipinski definition) is 1. The second-order valence-corrected chi connectivity index (χ2v) is 9.57. The van der Waals surface area contributed by atoms with Crippen molar-refractivity contribution in [2.75, 3.05) is 32.5 Å². The summed E-state index contributed by atoms with van der Waals surface area (Å²) in [6.07, 6.45) is 5.07. The zero-order valence-electron chi connectivity index (χ0n) is 16.3. The Morgan fingerprint density at radius 3 is 2.52 bits per heavy atom. The molecule has 2 fully saturated rings. The lowest BCUT2D eigenvalue weighted by Gasteiger charge is -2.57. The molecule has 1 aromatic carbocycles. The molecule has 0 radical (unpaired) electrons. The van der Waals surface area contributed by atoms with Gasteiger partial charge in [0.2, 0.25) is 10.0 Å². The lowest BCUT2D eigenvalue weighted by atomic mass is 9.74. The second kappa shape index (κ2) is 8.74. The average molecular weight is 391 g/mol. The lowest BCUT2D eigenvalue weighted by Crippen LogP contribution is -2.67. The highest BCUT2D eigenvalue weighted by atomic mass is 32.2. The first-order chi connectivity index (χ1) is 13.0. The van der Waals surface area contributed by atoms with E-state index in [1.54, 1.807) is 4.31 Å². The van der Waals surface area contributed by atoms with Gasteiger partial charge < -0.3 is 5.11 Å². The van der Waals surface area contributed by atoms with Crippen molar-refractivity contribution in [2.24, 2.45) is 0 Å². The summed E-state index contributed by atoms with van der Waals surface area (Å²) in [5.74, 6) is 6.48. The molecule has 1 aromatic rings. The van der Waals surface area contributed by atoms with Gasteiger partial charge in [0.1, 0.15) is 0 Å². The fourth-order valence-electron chi connectivity index (χ4n) is 4.29. The van der Waals surface area contributed by atoms with E-state index in [0.717, 1.165) is 43.4 Å². The predicted octanol–water partition coefficient (Wildman–Crippen LogP) is 2.02. The van der Waals surface area contributed by atoms with Crippen LogP contribution in [0.15, 0.2) is 24.3 Å². The first kappa shape index (κ1) is 20.3. The van der Waals surface area contributed by atoms with E-state index in [1.807, 2.05) is 12.1 Å². The zero-order valence-corrected chi connectivity index (χ0v) is 17.1. The van der Waals surface area contributed by atoms with Crippen LogP contribution >= 0.6 is 0 Å². The fourth-order valence-corrected chi connectivity index (χ4v) is 5.17. The molecule has 0 unspecified atom stereocenters. The van der Waals surface area contributed by atoms with Gasteiger partial charge in [0.15, 0.2) is 0 Å². The van der Waals surface area contributed by atoms with Crippen molar-refractivity contribution in [3.05, 3.63) is 35.4 Å². The van der Waals surface area contributed by atoms with Crippen molar-refractivity contribution >= 4 is 10.0 Å². The van der Waals surface area contributed by atoms with Gasteiger partial charge >= 0.3 is 0 Å². The third-order valence-corrected chi connectivity index (χ3v) is 6.97. The largest absolute Gasteiger partial charge is 0.395 e. The molecule has 5 nitrogen and oxygen atoms in total. The van der Waals surface area contributed by atoms with Crippen LogP contribution in [0.2, 0.25) is 0 Å². The molecule has 0 amide bonds. The van der Waals surface area contributed by atoms with Gasteiger partial charge in [0, 0.05) is 43.1 Å². The van der Waals surface area contributed by atoms with Crippen molar-refractivity contribution in [3.63, 3.8) is 0 Å². The van der Waals surface area contributed by atoms with E-state index in [-0.39, 0.29) is 24.6 Å². The Balaban J connectivity index is 1.82. The molecule has 27 heavy (non-hydrogen) atoms. The number of sulfonamides is 1. The standard InChI is InChI=1S/C21H30N2O3S/c1-3-4-5-8-17-9-11-18(12-10-17)21-19-15-22(27(2,25)26)13-6-7-14-23(19)20(21)16-24/h9-12,19-21,24H,3-4,6-7,13-16H2,1-2H3/t19-,20-,21-/m0/s1. The number of nitrogens with zero attached hydrogens (tertiary/aromatic N) is 2. The summed E-state index contributed by atoms with van der Waals surface area (Å²) in [6.45, 7) is 4.22. The minimum absolute atomic E-state index is 0.0616. The molecule has 3 atom stereocenters. The Morgan fingerprint density at radius 2 is 1.89 bits per heavy atom. The van der Waals surface area contributed by atoms with Crippen LogP contribution in [0.1, 0.15) is 49.7 Å². The molecule has 0 saturated carbocycles. The number of hydrogen-bond acceptors (Lipinski definition) is 4. The van der Waals surface area contributed by atoms with Crippen LogP contribution in [0, 0.1) is 11.8 Å². The average Bonchev–Trinajstić information content (AvgIpc) is 2.61. The Hall–Kier alpha value is -1.39. The number of fused-ring (bicyclic) bond motifs is 1. The smallest absolute Gasteiger partial charge is 0.211 e. The van der Waals surface area contributed by atoms with Gasteiger partial charge in [-0.25, -0.2) is 12.7 Å². The summed E-state index contributed by atoms with van der Waals surface area (Å²) in [7, 11) is -3.21. The van der Waals surface area contributed by atoms with Crippen LogP contribution in [-0.2, 0) is 10.0 Å². The normalized spacial score (nSPS) is 26.9. The molecule has 2 saturated heterocycles. The van der Waals surface area contributed by atoms with Crippen molar-refractivity contribution in [1.29, 1.82) is 0 Å². The van der Waals surface area contributed by atoms with Crippen molar-refractivity contribution in [3.8, 4) is 11.8 Å². The Labute approximate surface area is 163 Å². The molecule has 0 aliphatic carbocycles. The van der Waals surface area contributed by atoms with E-state index in [0.29, 0.717) is 13.1 Å². The number of rotatable bonds is 4. The first-order valence-corrected chi connectivity index (χ1v) is 11.7.